The largest absolute Gasteiger partial charge is 0.396 e. The number of hydrogen-bond donors (Lipinski definition) is 3. The summed E-state index contributed by atoms with van der Waals surface area (Å²) in [5.41, 5.74) is 1.78. The molecule has 0 aliphatic rings. The van der Waals surface area contributed by atoms with Gasteiger partial charge in [-0.25, -0.2) is 13.1 Å². The van der Waals surface area contributed by atoms with Gasteiger partial charge in [0.15, 0.2) is 0 Å². The van der Waals surface area contributed by atoms with Crippen LogP contribution in [0.3, 0.4) is 0 Å². The molecule has 25 heavy (non-hydrogen) atoms. The molecule has 0 saturated carbocycles. The number of halogens is 1. The van der Waals surface area contributed by atoms with E-state index < -0.39 is 16.1 Å². The first-order valence-corrected chi connectivity index (χ1v) is 10.3. The van der Waals surface area contributed by atoms with E-state index in [1.54, 1.807) is 24.3 Å². The SMILES string of the molecule is O=S(=O)(NCCc1ccc(C(O)CCCO)cc1)c1ccc(Br)cc1. The van der Waals surface area contributed by atoms with Crippen molar-refractivity contribution in [1.29, 1.82) is 0 Å². The van der Waals surface area contributed by atoms with E-state index in [1.165, 1.54) is 0 Å². The third kappa shape index (κ3) is 6.20. The lowest BCUT2D eigenvalue weighted by Crippen LogP contribution is -2.25. The molecule has 0 aliphatic carbocycles. The van der Waals surface area contributed by atoms with Crippen LogP contribution in [0.4, 0.5) is 0 Å². The Balaban J connectivity index is 1.88. The van der Waals surface area contributed by atoms with Crippen molar-refractivity contribution in [3.8, 4) is 0 Å². The highest BCUT2D eigenvalue weighted by Crippen LogP contribution is 2.19. The summed E-state index contributed by atoms with van der Waals surface area (Å²) in [5.74, 6) is 0. The van der Waals surface area contributed by atoms with Crippen LogP contribution in [-0.4, -0.2) is 31.8 Å². The number of benzene rings is 2. The number of aliphatic hydroxyl groups is 2. The molecule has 0 amide bonds. The minimum absolute atomic E-state index is 0.0631. The molecule has 0 heterocycles. The van der Waals surface area contributed by atoms with Gasteiger partial charge >= 0.3 is 0 Å². The number of nitrogens with one attached hydrogen (secondary N) is 1. The molecule has 136 valence electrons. The van der Waals surface area contributed by atoms with Gasteiger partial charge in [0.25, 0.3) is 0 Å². The highest BCUT2D eigenvalue weighted by Gasteiger charge is 2.13. The minimum atomic E-state index is -3.51. The normalized spacial score (nSPS) is 12.9. The number of sulfonamides is 1. The lowest BCUT2D eigenvalue weighted by Gasteiger charge is -2.11. The Kier molecular flexibility index (Phi) is 7.58. The van der Waals surface area contributed by atoms with Crippen molar-refractivity contribution in [1.82, 2.24) is 4.72 Å². The molecule has 0 spiro atoms. The second-order valence-corrected chi connectivity index (χ2v) is 8.41. The van der Waals surface area contributed by atoms with Crippen LogP contribution in [-0.2, 0) is 16.4 Å². The Morgan fingerprint density at radius 3 is 2.28 bits per heavy atom. The number of hydrogen-bond acceptors (Lipinski definition) is 4. The van der Waals surface area contributed by atoms with Crippen LogP contribution in [0.25, 0.3) is 0 Å². The van der Waals surface area contributed by atoms with Gasteiger partial charge in [-0.1, -0.05) is 40.2 Å². The quantitative estimate of drug-likeness (QED) is 0.573. The van der Waals surface area contributed by atoms with Crippen LogP contribution < -0.4 is 4.72 Å². The number of aliphatic hydroxyl groups excluding tert-OH is 2. The van der Waals surface area contributed by atoms with Crippen LogP contribution >= 0.6 is 15.9 Å². The molecule has 2 aromatic carbocycles. The Bertz CT molecular complexity index is 761. The molecular weight excluding hydrogens is 406 g/mol. The molecule has 2 rings (SSSR count). The third-order valence-corrected chi connectivity index (χ3v) is 5.84. The molecule has 0 aromatic heterocycles. The van der Waals surface area contributed by atoms with E-state index in [1.807, 2.05) is 24.3 Å². The van der Waals surface area contributed by atoms with E-state index in [0.29, 0.717) is 25.8 Å². The predicted molar refractivity (Wildman–Crippen MR) is 101 cm³/mol. The van der Waals surface area contributed by atoms with Gasteiger partial charge in [-0.15, -0.1) is 0 Å². The predicted octanol–water partition coefficient (Wildman–Crippen LogP) is 2.78. The van der Waals surface area contributed by atoms with E-state index in [2.05, 4.69) is 20.7 Å². The summed E-state index contributed by atoms with van der Waals surface area (Å²) in [6, 6.07) is 13.9. The summed E-state index contributed by atoms with van der Waals surface area (Å²) in [6.07, 6.45) is 1.05. The summed E-state index contributed by atoms with van der Waals surface area (Å²) < 4.78 is 27.8. The van der Waals surface area contributed by atoms with Crippen molar-refractivity contribution < 1.29 is 18.6 Å². The molecule has 0 bridgehead atoms. The fourth-order valence-corrected chi connectivity index (χ4v) is 3.68. The zero-order chi connectivity index (χ0) is 18.3. The van der Waals surface area contributed by atoms with Gasteiger partial charge in [0.1, 0.15) is 0 Å². The maximum atomic E-state index is 12.2. The van der Waals surface area contributed by atoms with Gasteiger partial charge < -0.3 is 10.2 Å². The fraction of sp³-hybridized carbons (Fsp3) is 0.333. The average molecular weight is 428 g/mol. The molecular formula is C18H22BrNO4S. The van der Waals surface area contributed by atoms with Crippen molar-refractivity contribution in [2.24, 2.45) is 0 Å². The van der Waals surface area contributed by atoms with E-state index in [4.69, 9.17) is 5.11 Å². The molecule has 1 unspecified atom stereocenters. The molecule has 1 atom stereocenters. The maximum absolute atomic E-state index is 12.2. The average Bonchev–Trinajstić information content (AvgIpc) is 2.60. The van der Waals surface area contributed by atoms with Crippen molar-refractivity contribution >= 4 is 26.0 Å². The molecule has 0 fully saturated rings. The summed E-state index contributed by atoms with van der Waals surface area (Å²) in [7, 11) is -3.51. The smallest absolute Gasteiger partial charge is 0.240 e. The van der Waals surface area contributed by atoms with Crippen LogP contribution in [0.15, 0.2) is 57.9 Å². The highest BCUT2D eigenvalue weighted by atomic mass is 79.9. The molecule has 0 radical (unpaired) electrons. The maximum Gasteiger partial charge on any atom is 0.240 e. The molecule has 5 nitrogen and oxygen atoms in total. The van der Waals surface area contributed by atoms with E-state index in [-0.39, 0.29) is 11.5 Å². The Morgan fingerprint density at radius 1 is 1.04 bits per heavy atom. The Hall–Kier alpha value is -1.25. The monoisotopic (exact) mass is 427 g/mol. The molecule has 2 aromatic rings. The van der Waals surface area contributed by atoms with E-state index in [0.717, 1.165) is 15.6 Å². The van der Waals surface area contributed by atoms with Crippen molar-refractivity contribution in [3.63, 3.8) is 0 Å². The van der Waals surface area contributed by atoms with E-state index in [9.17, 15) is 13.5 Å². The Morgan fingerprint density at radius 2 is 1.68 bits per heavy atom. The van der Waals surface area contributed by atoms with Crippen LogP contribution in [0.5, 0.6) is 0 Å². The summed E-state index contributed by atoms with van der Waals surface area (Å²) in [5, 5.41) is 18.8. The lowest BCUT2D eigenvalue weighted by atomic mass is 10.0. The second-order valence-electron chi connectivity index (χ2n) is 5.72. The van der Waals surface area contributed by atoms with Gasteiger partial charge in [0, 0.05) is 17.6 Å². The topological polar surface area (TPSA) is 86.6 Å². The van der Waals surface area contributed by atoms with Crippen molar-refractivity contribution in [2.45, 2.75) is 30.3 Å². The number of rotatable bonds is 9. The van der Waals surface area contributed by atoms with Gasteiger partial charge in [-0.2, -0.15) is 0 Å². The highest BCUT2D eigenvalue weighted by molar-refractivity contribution is 9.10. The first-order chi connectivity index (χ1) is 11.9. The van der Waals surface area contributed by atoms with Gasteiger partial charge in [0.05, 0.1) is 11.0 Å². The molecule has 3 N–H and O–H groups in total. The summed E-state index contributed by atoms with van der Waals surface area (Å²) in [6.45, 7) is 0.360. The Labute approximate surface area is 156 Å². The summed E-state index contributed by atoms with van der Waals surface area (Å²) >= 11 is 3.28. The first kappa shape index (κ1) is 20.1. The van der Waals surface area contributed by atoms with Crippen molar-refractivity contribution in [2.75, 3.05) is 13.2 Å². The summed E-state index contributed by atoms with van der Waals surface area (Å²) in [4.78, 5) is 0.234. The van der Waals surface area contributed by atoms with Gasteiger partial charge in [-0.05, 0) is 54.7 Å². The van der Waals surface area contributed by atoms with Crippen LogP contribution in [0, 0.1) is 0 Å². The zero-order valence-electron chi connectivity index (χ0n) is 13.7. The third-order valence-electron chi connectivity index (χ3n) is 3.83. The standard InChI is InChI=1S/C18H22BrNO4S/c19-16-7-9-17(10-8-16)25(23,24)20-12-11-14-3-5-15(6-4-14)18(22)2-1-13-21/h3-10,18,20-22H,1-2,11-13H2. The van der Waals surface area contributed by atoms with Gasteiger partial charge in [-0.3, -0.25) is 0 Å². The fourth-order valence-electron chi connectivity index (χ4n) is 2.38. The van der Waals surface area contributed by atoms with E-state index >= 15 is 0 Å². The van der Waals surface area contributed by atoms with Crippen molar-refractivity contribution in [3.05, 3.63) is 64.1 Å². The lowest BCUT2D eigenvalue weighted by molar-refractivity contribution is 0.152. The molecule has 7 heteroatoms. The van der Waals surface area contributed by atoms with Gasteiger partial charge in [0.2, 0.25) is 10.0 Å². The zero-order valence-corrected chi connectivity index (χ0v) is 16.1. The first-order valence-electron chi connectivity index (χ1n) is 8.05. The second kappa shape index (κ2) is 9.45. The molecule has 0 saturated heterocycles. The minimum Gasteiger partial charge on any atom is -0.396 e. The molecule has 0 aliphatic heterocycles. The van der Waals surface area contributed by atoms with Crippen LogP contribution in [0.1, 0.15) is 30.1 Å². The van der Waals surface area contributed by atoms with Crippen LogP contribution in [0.2, 0.25) is 0 Å².